The van der Waals surface area contributed by atoms with Crippen molar-refractivity contribution in [3.05, 3.63) is 71.9 Å². The van der Waals surface area contributed by atoms with Crippen LogP contribution in [0.15, 0.2) is 55.0 Å². The molecule has 0 amide bonds. The maximum Gasteiger partial charge on any atom is 0.123 e. The summed E-state index contributed by atoms with van der Waals surface area (Å²) in [6, 6.07) is 9.71. The number of rotatable bonds is 6. The van der Waals surface area contributed by atoms with E-state index in [9.17, 15) is 9.50 Å². The molecule has 0 unspecified atom stereocenters. The number of hydrogen-bond donors (Lipinski definition) is 2. The Labute approximate surface area is 139 Å². The summed E-state index contributed by atoms with van der Waals surface area (Å²) in [5.41, 5.74) is 3.53. The molecule has 0 aliphatic heterocycles. The van der Waals surface area contributed by atoms with E-state index in [2.05, 4.69) is 15.4 Å². The van der Waals surface area contributed by atoms with Crippen molar-refractivity contribution >= 4 is 0 Å². The lowest BCUT2D eigenvalue weighted by Gasteiger charge is -2.12. The predicted molar refractivity (Wildman–Crippen MR) is 89.5 cm³/mol. The van der Waals surface area contributed by atoms with E-state index in [4.69, 9.17) is 0 Å². The third-order valence-electron chi connectivity index (χ3n) is 3.75. The highest BCUT2D eigenvalue weighted by molar-refractivity contribution is 5.61. The average molecular weight is 326 g/mol. The first kappa shape index (κ1) is 16.3. The molecule has 0 aliphatic rings. The van der Waals surface area contributed by atoms with Crippen LogP contribution < -0.4 is 5.32 Å². The molecule has 124 valence electrons. The van der Waals surface area contributed by atoms with Gasteiger partial charge >= 0.3 is 0 Å². The molecule has 1 aromatic carbocycles. The zero-order valence-corrected chi connectivity index (χ0v) is 13.4. The molecule has 0 saturated carbocycles. The van der Waals surface area contributed by atoms with Crippen molar-refractivity contribution in [3.8, 4) is 11.3 Å². The second kappa shape index (κ2) is 7.33. The number of aliphatic hydroxyl groups excluding tert-OH is 1. The Morgan fingerprint density at radius 2 is 2.04 bits per heavy atom. The molecule has 2 heterocycles. The fraction of sp³-hybridized carbons (Fsp3) is 0.222. The Hall–Kier alpha value is -2.57. The molecule has 3 aromatic rings. The van der Waals surface area contributed by atoms with Gasteiger partial charge in [-0.3, -0.25) is 9.67 Å². The van der Waals surface area contributed by atoms with Crippen LogP contribution in [-0.2, 0) is 13.6 Å². The van der Waals surface area contributed by atoms with Gasteiger partial charge in [0.15, 0.2) is 0 Å². The second-order valence-corrected chi connectivity index (χ2v) is 5.62. The largest absolute Gasteiger partial charge is 0.387 e. The molecule has 24 heavy (non-hydrogen) atoms. The molecule has 0 radical (unpaired) electrons. The number of pyridine rings is 1. The molecule has 6 heteroatoms. The molecule has 5 nitrogen and oxygen atoms in total. The fourth-order valence-electron chi connectivity index (χ4n) is 2.56. The summed E-state index contributed by atoms with van der Waals surface area (Å²) in [4.78, 5) is 4.13. The van der Waals surface area contributed by atoms with Gasteiger partial charge in [0.2, 0.25) is 0 Å². The SMILES string of the molecule is Cn1cc(CNC[C@@H](O)c2ccc(F)cc2)c(-c2cccnc2)n1. The third-order valence-corrected chi connectivity index (χ3v) is 3.75. The van der Waals surface area contributed by atoms with Gasteiger partial charge < -0.3 is 10.4 Å². The van der Waals surface area contributed by atoms with Crippen LogP contribution in [0.25, 0.3) is 11.3 Å². The van der Waals surface area contributed by atoms with E-state index in [1.165, 1.54) is 12.1 Å². The third kappa shape index (κ3) is 3.84. The summed E-state index contributed by atoms with van der Waals surface area (Å²) < 4.78 is 14.7. The van der Waals surface area contributed by atoms with Crippen LogP contribution in [0.4, 0.5) is 4.39 Å². The van der Waals surface area contributed by atoms with Crippen LogP contribution >= 0.6 is 0 Å². The minimum Gasteiger partial charge on any atom is -0.387 e. The Balaban J connectivity index is 1.64. The molecule has 2 aromatic heterocycles. The first-order chi connectivity index (χ1) is 11.6. The van der Waals surface area contributed by atoms with Gasteiger partial charge in [0.25, 0.3) is 0 Å². The van der Waals surface area contributed by atoms with Crippen LogP contribution in [0.3, 0.4) is 0 Å². The first-order valence-corrected chi connectivity index (χ1v) is 7.70. The van der Waals surface area contributed by atoms with Gasteiger partial charge in [0.05, 0.1) is 11.8 Å². The molecule has 1 atom stereocenters. The number of aryl methyl sites for hydroxylation is 1. The molecule has 0 bridgehead atoms. The highest BCUT2D eigenvalue weighted by Crippen LogP contribution is 2.21. The summed E-state index contributed by atoms with van der Waals surface area (Å²) in [5.74, 6) is -0.310. The molecule has 0 saturated heterocycles. The van der Waals surface area contributed by atoms with Gasteiger partial charge in [-0.05, 0) is 29.8 Å². The topological polar surface area (TPSA) is 63.0 Å². The van der Waals surface area contributed by atoms with Crippen molar-refractivity contribution in [2.45, 2.75) is 12.6 Å². The van der Waals surface area contributed by atoms with Crippen molar-refractivity contribution in [1.29, 1.82) is 0 Å². The van der Waals surface area contributed by atoms with Crippen molar-refractivity contribution in [1.82, 2.24) is 20.1 Å². The standard InChI is InChI=1S/C18H19FN4O/c1-23-12-15(18(22-23)14-3-2-8-20-9-14)10-21-11-17(24)13-4-6-16(19)7-5-13/h2-9,12,17,21,24H,10-11H2,1H3/t17-/m1/s1. The number of nitrogens with one attached hydrogen (secondary N) is 1. The lowest BCUT2D eigenvalue weighted by atomic mass is 10.1. The summed E-state index contributed by atoms with van der Waals surface area (Å²) in [6.45, 7) is 0.934. The molecular weight excluding hydrogens is 307 g/mol. The van der Waals surface area contributed by atoms with Crippen molar-refractivity contribution in [3.63, 3.8) is 0 Å². The fourth-order valence-corrected chi connectivity index (χ4v) is 2.56. The lowest BCUT2D eigenvalue weighted by molar-refractivity contribution is 0.174. The van der Waals surface area contributed by atoms with Gasteiger partial charge in [-0.1, -0.05) is 12.1 Å². The first-order valence-electron chi connectivity index (χ1n) is 7.70. The smallest absolute Gasteiger partial charge is 0.123 e. The summed E-state index contributed by atoms with van der Waals surface area (Å²) in [6.07, 6.45) is 4.76. The molecule has 0 fully saturated rings. The van der Waals surface area contributed by atoms with Crippen LogP contribution in [0.5, 0.6) is 0 Å². The van der Waals surface area contributed by atoms with Gasteiger partial charge in [-0.2, -0.15) is 5.10 Å². The predicted octanol–water partition coefficient (Wildman–Crippen LogP) is 2.44. The minimum atomic E-state index is -0.691. The van der Waals surface area contributed by atoms with Gasteiger partial charge in [-0.25, -0.2) is 4.39 Å². The van der Waals surface area contributed by atoms with E-state index < -0.39 is 6.10 Å². The van der Waals surface area contributed by atoms with Crippen LogP contribution in [0.2, 0.25) is 0 Å². The highest BCUT2D eigenvalue weighted by Gasteiger charge is 2.12. The van der Waals surface area contributed by atoms with E-state index in [1.807, 2.05) is 25.4 Å². The normalized spacial score (nSPS) is 12.3. The van der Waals surface area contributed by atoms with E-state index in [1.54, 1.807) is 29.2 Å². The van der Waals surface area contributed by atoms with E-state index >= 15 is 0 Å². The van der Waals surface area contributed by atoms with Gasteiger partial charge in [0, 0.05) is 49.9 Å². The maximum atomic E-state index is 12.9. The van der Waals surface area contributed by atoms with Crippen LogP contribution in [0.1, 0.15) is 17.2 Å². The van der Waals surface area contributed by atoms with Gasteiger partial charge in [-0.15, -0.1) is 0 Å². The Morgan fingerprint density at radius 1 is 1.25 bits per heavy atom. The number of halogens is 1. The van der Waals surface area contributed by atoms with Crippen molar-refractivity contribution in [2.24, 2.45) is 7.05 Å². The number of aromatic nitrogens is 3. The summed E-state index contributed by atoms with van der Waals surface area (Å²) >= 11 is 0. The van der Waals surface area contributed by atoms with E-state index in [0.29, 0.717) is 18.7 Å². The molecule has 0 aliphatic carbocycles. The second-order valence-electron chi connectivity index (χ2n) is 5.62. The number of nitrogens with zero attached hydrogens (tertiary/aromatic N) is 3. The quantitative estimate of drug-likeness (QED) is 0.730. The zero-order valence-electron chi connectivity index (χ0n) is 13.4. The molecular formula is C18H19FN4O. The molecule has 3 rings (SSSR count). The van der Waals surface area contributed by atoms with Crippen LogP contribution in [-0.4, -0.2) is 26.4 Å². The minimum absolute atomic E-state index is 0.310. The van der Waals surface area contributed by atoms with Crippen molar-refractivity contribution < 1.29 is 9.50 Å². The number of aliphatic hydroxyl groups is 1. The highest BCUT2D eigenvalue weighted by atomic mass is 19.1. The summed E-state index contributed by atoms with van der Waals surface area (Å²) in [5, 5.41) is 17.9. The monoisotopic (exact) mass is 326 g/mol. The van der Waals surface area contributed by atoms with E-state index in [-0.39, 0.29) is 5.82 Å². The number of benzene rings is 1. The molecule has 0 spiro atoms. The van der Waals surface area contributed by atoms with Crippen molar-refractivity contribution in [2.75, 3.05) is 6.54 Å². The van der Waals surface area contributed by atoms with Gasteiger partial charge in [0.1, 0.15) is 5.82 Å². The summed E-state index contributed by atoms with van der Waals surface area (Å²) in [7, 11) is 1.87. The lowest BCUT2D eigenvalue weighted by Crippen LogP contribution is -2.21. The Kier molecular flexibility index (Phi) is 4.98. The Bertz CT molecular complexity index is 787. The Morgan fingerprint density at radius 3 is 2.75 bits per heavy atom. The zero-order chi connectivity index (χ0) is 16.9. The van der Waals surface area contributed by atoms with Crippen LogP contribution in [0, 0.1) is 5.82 Å². The number of hydrogen-bond acceptors (Lipinski definition) is 4. The molecule has 2 N–H and O–H groups in total. The maximum absolute atomic E-state index is 12.9. The average Bonchev–Trinajstić information content (AvgIpc) is 2.97. The van der Waals surface area contributed by atoms with E-state index in [0.717, 1.165) is 16.8 Å².